The van der Waals surface area contributed by atoms with Gasteiger partial charge >= 0.3 is 0 Å². The van der Waals surface area contributed by atoms with Crippen molar-refractivity contribution in [3.8, 4) is 0 Å². The van der Waals surface area contributed by atoms with Crippen LogP contribution in [0.4, 0.5) is 0 Å². The molecule has 98 valence electrons. The van der Waals surface area contributed by atoms with Crippen molar-refractivity contribution < 1.29 is 0 Å². The van der Waals surface area contributed by atoms with E-state index in [1.54, 1.807) is 0 Å². The van der Waals surface area contributed by atoms with E-state index in [0.717, 1.165) is 18.5 Å². The van der Waals surface area contributed by atoms with Crippen molar-refractivity contribution in [2.24, 2.45) is 7.05 Å². The summed E-state index contributed by atoms with van der Waals surface area (Å²) >= 11 is 1.91. The van der Waals surface area contributed by atoms with Gasteiger partial charge in [-0.15, -0.1) is 11.3 Å². The highest BCUT2D eigenvalue weighted by molar-refractivity contribution is 7.12. The number of hydrogen-bond acceptors (Lipinski definition) is 3. The van der Waals surface area contributed by atoms with E-state index in [-0.39, 0.29) is 0 Å². The van der Waals surface area contributed by atoms with E-state index < -0.39 is 0 Å². The number of nitrogens with one attached hydrogen (secondary N) is 1. The van der Waals surface area contributed by atoms with Crippen molar-refractivity contribution in [2.75, 3.05) is 7.05 Å². The van der Waals surface area contributed by atoms with Gasteiger partial charge in [-0.1, -0.05) is 6.92 Å². The van der Waals surface area contributed by atoms with Gasteiger partial charge in [-0.25, -0.2) is 0 Å². The highest BCUT2D eigenvalue weighted by atomic mass is 32.1. The molecule has 3 nitrogen and oxygen atoms in total. The first-order chi connectivity index (χ1) is 8.63. The van der Waals surface area contributed by atoms with Crippen LogP contribution in [0.1, 0.15) is 34.1 Å². The number of aryl methyl sites for hydroxylation is 3. The number of hydrogen-bond donors (Lipinski definition) is 1. The molecule has 2 heterocycles. The summed E-state index contributed by atoms with van der Waals surface area (Å²) in [4.78, 5) is 2.86. The molecular formula is C14H21N3S. The number of thiophene rings is 1. The molecule has 4 heteroatoms. The Morgan fingerprint density at radius 3 is 2.72 bits per heavy atom. The van der Waals surface area contributed by atoms with E-state index in [0.29, 0.717) is 6.04 Å². The van der Waals surface area contributed by atoms with Crippen LogP contribution in [-0.2, 0) is 19.9 Å². The van der Waals surface area contributed by atoms with E-state index in [4.69, 9.17) is 0 Å². The fourth-order valence-electron chi connectivity index (χ4n) is 2.18. The molecule has 0 radical (unpaired) electrons. The van der Waals surface area contributed by atoms with Gasteiger partial charge in [0.15, 0.2) is 0 Å². The van der Waals surface area contributed by atoms with Gasteiger partial charge in [-0.2, -0.15) is 5.10 Å². The van der Waals surface area contributed by atoms with Crippen molar-refractivity contribution in [1.29, 1.82) is 0 Å². The fourth-order valence-corrected chi connectivity index (χ4v) is 3.24. The molecule has 0 aliphatic heterocycles. The molecule has 0 aliphatic carbocycles. The summed E-state index contributed by atoms with van der Waals surface area (Å²) in [6.07, 6.45) is 2.10. The summed E-state index contributed by atoms with van der Waals surface area (Å²) in [5.41, 5.74) is 2.36. The largest absolute Gasteiger partial charge is 0.312 e. The minimum Gasteiger partial charge on any atom is -0.312 e. The number of rotatable bonds is 5. The lowest BCUT2D eigenvalue weighted by Gasteiger charge is -2.14. The molecule has 2 aromatic rings. The SMILES string of the molecule is CCc1ccc(C(Cc2cc(C)nn2C)NC)s1. The van der Waals surface area contributed by atoms with Crippen LogP contribution < -0.4 is 5.32 Å². The van der Waals surface area contributed by atoms with Gasteiger partial charge in [0, 0.05) is 35.0 Å². The topological polar surface area (TPSA) is 29.9 Å². The van der Waals surface area contributed by atoms with Crippen LogP contribution >= 0.6 is 11.3 Å². The Balaban J connectivity index is 2.16. The second-order valence-corrected chi connectivity index (χ2v) is 5.80. The van der Waals surface area contributed by atoms with Gasteiger partial charge in [0.05, 0.1) is 5.69 Å². The molecule has 0 bridgehead atoms. The van der Waals surface area contributed by atoms with Crippen molar-refractivity contribution in [1.82, 2.24) is 15.1 Å². The molecule has 1 atom stereocenters. The maximum atomic E-state index is 4.41. The van der Waals surface area contributed by atoms with Crippen LogP contribution in [-0.4, -0.2) is 16.8 Å². The van der Waals surface area contributed by atoms with Crippen molar-refractivity contribution >= 4 is 11.3 Å². The highest BCUT2D eigenvalue weighted by Gasteiger charge is 2.14. The molecule has 0 fully saturated rings. The fraction of sp³-hybridized carbons (Fsp3) is 0.500. The zero-order valence-corrected chi connectivity index (χ0v) is 12.3. The Hall–Kier alpha value is -1.13. The lowest BCUT2D eigenvalue weighted by Crippen LogP contribution is -2.19. The summed E-state index contributed by atoms with van der Waals surface area (Å²) in [6, 6.07) is 7.02. The van der Waals surface area contributed by atoms with E-state index in [9.17, 15) is 0 Å². The molecule has 0 aliphatic rings. The van der Waals surface area contributed by atoms with Crippen molar-refractivity contribution in [3.63, 3.8) is 0 Å². The van der Waals surface area contributed by atoms with Crippen LogP contribution in [0.3, 0.4) is 0 Å². The maximum absolute atomic E-state index is 4.41. The average molecular weight is 263 g/mol. The average Bonchev–Trinajstić information content (AvgIpc) is 2.93. The standard InChI is InChI=1S/C14H21N3S/c1-5-12-6-7-14(18-12)13(15-3)9-11-8-10(2)16-17(11)4/h6-8,13,15H,5,9H2,1-4H3. The van der Waals surface area contributed by atoms with Crippen LogP contribution in [0.15, 0.2) is 18.2 Å². The predicted octanol–water partition coefficient (Wildman–Crippen LogP) is 2.86. The van der Waals surface area contributed by atoms with Gasteiger partial charge in [0.1, 0.15) is 0 Å². The second kappa shape index (κ2) is 5.67. The second-order valence-electron chi connectivity index (χ2n) is 4.60. The zero-order valence-electron chi connectivity index (χ0n) is 11.5. The summed E-state index contributed by atoms with van der Waals surface area (Å²) in [5.74, 6) is 0. The normalized spacial score (nSPS) is 12.9. The van der Waals surface area contributed by atoms with E-state index in [2.05, 4.69) is 35.5 Å². The Morgan fingerprint density at radius 1 is 1.44 bits per heavy atom. The van der Waals surface area contributed by atoms with Crippen molar-refractivity contribution in [2.45, 2.75) is 32.7 Å². The van der Waals surface area contributed by atoms with Crippen LogP contribution in [0.25, 0.3) is 0 Å². The Labute approximate surface area is 113 Å². The number of aromatic nitrogens is 2. The molecule has 2 rings (SSSR count). The molecular weight excluding hydrogens is 242 g/mol. The van der Waals surface area contributed by atoms with Gasteiger partial charge in [-0.3, -0.25) is 4.68 Å². The minimum absolute atomic E-state index is 0.380. The lowest BCUT2D eigenvalue weighted by molar-refractivity contribution is 0.569. The zero-order chi connectivity index (χ0) is 13.1. The number of likely N-dealkylation sites (N-methyl/N-ethyl adjacent to an activating group) is 1. The quantitative estimate of drug-likeness (QED) is 0.899. The molecule has 1 unspecified atom stereocenters. The van der Waals surface area contributed by atoms with Crippen LogP contribution in [0.5, 0.6) is 0 Å². The van der Waals surface area contributed by atoms with Gasteiger partial charge in [0.2, 0.25) is 0 Å². The molecule has 0 aromatic carbocycles. The van der Waals surface area contributed by atoms with Crippen LogP contribution in [0, 0.1) is 6.92 Å². The first-order valence-corrected chi connectivity index (χ1v) is 7.21. The monoisotopic (exact) mass is 263 g/mol. The van der Waals surface area contributed by atoms with Crippen molar-refractivity contribution in [3.05, 3.63) is 39.3 Å². The third-order valence-corrected chi connectivity index (χ3v) is 4.58. The summed E-state index contributed by atoms with van der Waals surface area (Å²) in [5, 5.41) is 7.82. The maximum Gasteiger partial charge on any atom is 0.0596 e. The molecule has 0 spiro atoms. The molecule has 1 N–H and O–H groups in total. The molecule has 18 heavy (non-hydrogen) atoms. The van der Waals surface area contributed by atoms with Gasteiger partial charge in [0.25, 0.3) is 0 Å². The third kappa shape index (κ3) is 2.82. The van der Waals surface area contributed by atoms with E-state index >= 15 is 0 Å². The molecule has 0 amide bonds. The predicted molar refractivity (Wildman–Crippen MR) is 77.1 cm³/mol. The van der Waals surface area contributed by atoms with Gasteiger partial charge in [-0.05, 0) is 38.6 Å². The third-order valence-electron chi connectivity index (χ3n) is 3.23. The smallest absolute Gasteiger partial charge is 0.0596 e. The summed E-state index contributed by atoms with van der Waals surface area (Å²) in [7, 11) is 4.04. The Morgan fingerprint density at radius 2 is 2.22 bits per heavy atom. The highest BCUT2D eigenvalue weighted by Crippen LogP contribution is 2.26. The van der Waals surface area contributed by atoms with Crippen LogP contribution in [0.2, 0.25) is 0 Å². The molecule has 0 saturated heterocycles. The molecule has 0 saturated carbocycles. The minimum atomic E-state index is 0.380. The Bertz CT molecular complexity index is 513. The number of nitrogens with zero attached hydrogens (tertiary/aromatic N) is 2. The summed E-state index contributed by atoms with van der Waals surface area (Å²) in [6.45, 7) is 4.24. The first-order valence-electron chi connectivity index (χ1n) is 6.39. The first kappa shape index (κ1) is 13.3. The lowest BCUT2D eigenvalue weighted by atomic mass is 10.1. The Kier molecular flexibility index (Phi) is 4.19. The molecule has 2 aromatic heterocycles. The van der Waals surface area contributed by atoms with E-state index in [1.807, 2.05) is 37.0 Å². The van der Waals surface area contributed by atoms with Gasteiger partial charge < -0.3 is 5.32 Å². The summed E-state index contributed by atoms with van der Waals surface area (Å²) < 4.78 is 1.98. The van der Waals surface area contributed by atoms with E-state index in [1.165, 1.54) is 15.4 Å².